The van der Waals surface area contributed by atoms with E-state index in [9.17, 15) is 9.59 Å². The SMILES string of the molecule is Cc1ccsc1N(CC(=O)OC(C)(C)C)C(=O)CN. The Bertz CT molecular complexity index is 463. The van der Waals surface area contributed by atoms with Gasteiger partial charge in [-0.25, -0.2) is 0 Å². The van der Waals surface area contributed by atoms with Gasteiger partial charge < -0.3 is 10.5 Å². The Morgan fingerprint density at radius 3 is 2.47 bits per heavy atom. The molecule has 5 nitrogen and oxygen atoms in total. The number of thiophene rings is 1. The molecule has 0 saturated carbocycles. The van der Waals surface area contributed by atoms with Gasteiger partial charge in [-0.2, -0.15) is 0 Å². The van der Waals surface area contributed by atoms with Crippen molar-refractivity contribution >= 4 is 28.2 Å². The van der Waals surface area contributed by atoms with Crippen molar-refractivity contribution < 1.29 is 14.3 Å². The van der Waals surface area contributed by atoms with Crippen molar-refractivity contribution in [1.82, 2.24) is 0 Å². The molecule has 0 aromatic carbocycles. The highest BCUT2D eigenvalue weighted by atomic mass is 32.1. The van der Waals surface area contributed by atoms with Crippen LogP contribution in [0.4, 0.5) is 5.00 Å². The maximum Gasteiger partial charge on any atom is 0.326 e. The van der Waals surface area contributed by atoms with Gasteiger partial charge in [-0.1, -0.05) is 0 Å². The van der Waals surface area contributed by atoms with E-state index in [0.29, 0.717) is 0 Å². The molecule has 0 aliphatic heterocycles. The van der Waals surface area contributed by atoms with Gasteiger partial charge in [0.25, 0.3) is 0 Å². The number of ether oxygens (including phenoxy) is 1. The van der Waals surface area contributed by atoms with Gasteiger partial charge >= 0.3 is 5.97 Å². The van der Waals surface area contributed by atoms with Crippen LogP contribution in [0.1, 0.15) is 26.3 Å². The van der Waals surface area contributed by atoms with Crippen molar-refractivity contribution in [3.63, 3.8) is 0 Å². The molecular weight excluding hydrogens is 264 g/mol. The topological polar surface area (TPSA) is 72.6 Å². The number of nitrogens with zero attached hydrogens (tertiary/aromatic N) is 1. The van der Waals surface area contributed by atoms with E-state index in [2.05, 4.69) is 0 Å². The molecule has 0 bridgehead atoms. The van der Waals surface area contributed by atoms with Crippen LogP contribution < -0.4 is 10.6 Å². The monoisotopic (exact) mass is 284 g/mol. The number of hydrogen-bond acceptors (Lipinski definition) is 5. The number of nitrogens with two attached hydrogens (primary N) is 1. The molecule has 106 valence electrons. The Balaban J connectivity index is 2.86. The molecule has 0 unspecified atom stereocenters. The second-order valence-corrected chi connectivity index (χ2v) is 6.07. The molecule has 1 aromatic heterocycles. The van der Waals surface area contributed by atoms with Crippen LogP contribution in [-0.2, 0) is 14.3 Å². The lowest BCUT2D eigenvalue weighted by atomic mass is 10.2. The summed E-state index contributed by atoms with van der Waals surface area (Å²) in [6, 6.07) is 1.89. The summed E-state index contributed by atoms with van der Waals surface area (Å²) < 4.78 is 5.23. The fraction of sp³-hybridized carbons (Fsp3) is 0.538. The molecular formula is C13H20N2O3S. The van der Waals surface area contributed by atoms with E-state index >= 15 is 0 Å². The highest BCUT2D eigenvalue weighted by Gasteiger charge is 2.24. The third kappa shape index (κ3) is 4.65. The summed E-state index contributed by atoms with van der Waals surface area (Å²) in [7, 11) is 0. The molecule has 0 aliphatic carbocycles. The van der Waals surface area contributed by atoms with Gasteiger partial charge in [0, 0.05) is 0 Å². The van der Waals surface area contributed by atoms with E-state index in [1.807, 2.05) is 18.4 Å². The molecule has 1 amide bonds. The lowest BCUT2D eigenvalue weighted by Crippen LogP contribution is -2.41. The fourth-order valence-corrected chi connectivity index (χ4v) is 2.48. The minimum absolute atomic E-state index is 0.116. The highest BCUT2D eigenvalue weighted by Crippen LogP contribution is 2.27. The quantitative estimate of drug-likeness (QED) is 0.854. The Labute approximate surface area is 117 Å². The zero-order valence-corrected chi connectivity index (χ0v) is 12.5. The Hall–Kier alpha value is -1.40. The average Bonchev–Trinajstić information content (AvgIpc) is 2.69. The molecule has 6 heteroatoms. The van der Waals surface area contributed by atoms with E-state index in [-0.39, 0.29) is 19.0 Å². The number of hydrogen-bond donors (Lipinski definition) is 1. The molecule has 0 aliphatic rings. The van der Waals surface area contributed by atoms with Crippen molar-refractivity contribution in [2.45, 2.75) is 33.3 Å². The maximum absolute atomic E-state index is 11.9. The van der Waals surface area contributed by atoms with Crippen LogP contribution in [0.3, 0.4) is 0 Å². The maximum atomic E-state index is 11.9. The van der Waals surface area contributed by atoms with E-state index in [1.54, 1.807) is 20.8 Å². The smallest absolute Gasteiger partial charge is 0.326 e. The van der Waals surface area contributed by atoms with Gasteiger partial charge in [0.15, 0.2) is 0 Å². The van der Waals surface area contributed by atoms with Crippen LogP contribution in [-0.4, -0.2) is 30.6 Å². The van der Waals surface area contributed by atoms with Gasteiger partial charge in [0.1, 0.15) is 17.1 Å². The summed E-state index contributed by atoms with van der Waals surface area (Å²) in [4.78, 5) is 25.1. The first-order chi connectivity index (χ1) is 8.74. The summed E-state index contributed by atoms with van der Waals surface area (Å²) in [6.45, 7) is 7.00. The number of esters is 1. The van der Waals surface area contributed by atoms with E-state index in [1.165, 1.54) is 16.2 Å². The zero-order valence-electron chi connectivity index (χ0n) is 11.7. The van der Waals surface area contributed by atoms with Crippen molar-refractivity contribution in [2.75, 3.05) is 18.0 Å². The molecule has 0 atom stereocenters. The predicted molar refractivity (Wildman–Crippen MR) is 76.3 cm³/mol. The molecule has 1 heterocycles. The third-order valence-electron chi connectivity index (χ3n) is 2.26. The number of amides is 1. The van der Waals surface area contributed by atoms with Crippen molar-refractivity contribution in [3.8, 4) is 0 Å². The molecule has 2 N–H and O–H groups in total. The van der Waals surface area contributed by atoms with Crippen molar-refractivity contribution in [3.05, 3.63) is 17.0 Å². The van der Waals surface area contributed by atoms with Crippen LogP contribution in [0.5, 0.6) is 0 Å². The lowest BCUT2D eigenvalue weighted by Gasteiger charge is -2.24. The number of aryl methyl sites for hydroxylation is 1. The molecule has 1 aromatic rings. The summed E-state index contributed by atoms with van der Waals surface area (Å²) >= 11 is 1.40. The molecule has 0 fully saturated rings. The first kappa shape index (κ1) is 15.7. The Morgan fingerprint density at radius 1 is 1.42 bits per heavy atom. The summed E-state index contributed by atoms with van der Waals surface area (Å²) in [6.07, 6.45) is 0. The normalized spacial score (nSPS) is 11.2. The number of carbonyl (C=O) groups is 2. The molecule has 0 saturated heterocycles. The van der Waals surface area contributed by atoms with Gasteiger partial charge in [0.05, 0.1) is 6.54 Å². The van der Waals surface area contributed by atoms with Crippen molar-refractivity contribution in [1.29, 1.82) is 0 Å². The molecule has 0 spiro atoms. The van der Waals surface area contributed by atoms with Crippen LogP contribution in [0.15, 0.2) is 11.4 Å². The van der Waals surface area contributed by atoms with Crippen LogP contribution in [0.2, 0.25) is 0 Å². The Kier molecular flexibility index (Phi) is 5.08. The van der Waals surface area contributed by atoms with E-state index < -0.39 is 11.6 Å². The third-order valence-corrected chi connectivity index (χ3v) is 3.30. The van der Waals surface area contributed by atoms with Gasteiger partial charge in [-0.3, -0.25) is 14.5 Å². The largest absolute Gasteiger partial charge is 0.459 e. The number of rotatable bonds is 4. The molecule has 19 heavy (non-hydrogen) atoms. The summed E-state index contributed by atoms with van der Waals surface area (Å²) in [5, 5.41) is 2.61. The summed E-state index contributed by atoms with van der Waals surface area (Å²) in [5.41, 5.74) is 5.76. The van der Waals surface area contributed by atoms with Gasteiger partial charge in [-0.15, -0.1) is 11.3 Å². The average molecular weight is 284 g/mol. The summed E-state index contributed by atoms with van der Waals surface area (Å²) in [5.74, 6) is -0.737. The standard InChI is InChI=1S/C13H20N2O3S/c1-9-5-6-19-12(9)15(10(16)7-14)8-11(17)18-13(2,3)4/h5-6H,7-8,14H2,1-4H3. The van der Waals surface area contributed by atoms with Gasteiger partial charge in [0.2, 0.25) is 5.91 Å². The van der Waals surface area contributed by atoms with Gasteiger partial charge in [-0.05, 0) is 44.7 Å². The van der Waals surface area contributed by atoms with Crippen LogP contribution in [0.25, 0.3) is 0 Å². The molecule has 1 rings (SSSR count). The van der Waals surface area contributed by atoms with E-state index in [0.717, 1.165) is 10.6 Å². The lowest BCUT2D eigenvalue weighted by molar-refractivity contribution is -0.153. The number of carbonyl (C=O) groups excluding carboxylic acids is 2. The fourth-order valence-electron chi connectivity index (χ4n) is 1.53. The minimum atomic E-state index is -0.570. The minimum Gasteiger partial charge on any atom is -0.459 e. The van der Waals surface area contributed by atoms with E-state index in [4.69, 9.17) is 10.5 Å². The highest BCUT2D eigenvalue weighted by molar-refractivity contribution is 7.14. The first-order valence-corrected chi connectivity index (χ1v) is 6.89. The second-order valence-electron chi connectivity index (χ2n) is 5.18. The first-order valence-electron chi connectivity index (χ1n) is 6.01. The Morgan fingerprint density at radius 2 is 2.05 bits per heavy atom. The van der Waals surface area contributed by atoms with Crippen LogP contribution >= 0.6 is 11.3 Å². The molecule has 0 radical (unpaired) electrons. The van der Waals surface area contributed by atoms with Crippen molar-refractivity contribution in [2.24, 2.45) is 5.73 Å². The zero-order chi connectivity index (χ0) is 14.6. The predicted octanol–water partition coefficient (Wildman–Crippen LogP) is 1.69. The van der Waals surface area contributed by atoms with Crippen LogP contribution in [0, 0.1) is 6.92 Å². The second kappa shape index (κ2) is 6.16. The number of anilines is 1.